The van der Waals surface area contributed by atoms with E-state index in [0.29, 0.717) is 29.8 Å². The Morgan fingerprint density at radius 2 is 1.75 bits per heavy atom. The smallest absolute Gasteiger partial charge is 0.349 e. The molecular formula is C29H25F4N5O4S2. The van der Waals surface area contributed by atoms with Crippen LogP contribution in [0, 0.1) is 5.82 Å². The van der Waals surface area contributed by atoms with E-state index in [1.807, 2.05) is 0 Å². The average molecular weight is 648 g/mol. The quantitative estimate of drug-likeness (QED) is 0.210. The molecule has 1 fully saturated rings. The largest absolute Gasteiger partial charge is 0.433 e. The van der Waals surface area contributed by atoms with Gasteiger partial charge in [-0.25, -0.2) is 31.3 Å². The molecule has 0 bridgehead atoms. The maximum absolute atomic E-state index is 13.3. The summed E-state index contributed by atoms with van der Waals surface area (Å²) >= 11 is 0. The topological polar surface area (TPSA) is 122 Å². The van der Waals surface area contributed by atoms with E-state index < -0.39 is 61.4 Å². The van der Waals surface area contributed by atoms with E-state index in [9.17, 15) is 35.0 Å². The lowest BCUT2D eigenvalue weighted by atomic mass is 10.1. The van der Waals surface area contributed by atoms with E-state index in [-0.39, 0.29) is 23.5 Å². The molecule has 3 heterocycles. The molecule has 1 amide bonds. The maximum atomic E-state index is 13.3. The van der Waals surface area contributed by atoms with Gasteiger partial charge in [0.1, 0.15) is 28.5 Å². The van der Waals surface area contributed by atoms with Crippen molar-refractivity contribution in [3.8, 4) is 11.3 Å². The number of nitrogens with one attached hydrogen (secondary N) is 1. The van der Waals surface area contributed by atoms with Gasteiger partial charge < -0.3 is 5.32 Å². The van der Waals surface area contributed by atoms with E-state index in [4.69, 9.17) is 0 Å². The Hall–Kier alpha value is -4.08. The van der Waals surface area contributed by atoms with Crippen molar-refractivity contribution in [1.82, 2.24) is 24.6 Å². The fourth-order valence-corrected chi connectivity index (χ4v) is 7.23. The minimum Gasteiger partial charge on any atom is -0.349 e. The number of amides is 1. The molecule has 4 aromatic rings. The highest BCUT2D eigenvalue weighted by Gasteiger charge is 2.35. The molecule has 15 heteroatoms. The van der Waals surface area contributed by atoms with Gasteiger partial charge in [0.05, 0.1) is 28.6 Å². The number of hydrogen-bond donors (Lipinski definition) is 1. The molecule has 44 heavy (non-hydrogen) atoms. The summed E-state index contributed by atoms with van der Waals surface area (Å²) in [6.07, 6.45) is -2.74. The van der Waals surface area contributed by atoms with Crippen LogP contribution in [0.5, 0.6) is 0 Å². The van der Waals surface area contributed by atoms with Crippen LogP contribution in [0.25, 0.3) is 11.3 Å². The first kappa shape index (κ1) is 31.3. The molecule has 1 aliphatic rings. The molecule has 0 radical (unpaired) electrons. The third-order valence-electron chi connectivity index (χ3n) is 6.76. The number of hydrogen-bond acceptors (Lipinski definition) is 7. The minimum atomic E-state index is -4.67. The number of halogens is 4. The van der Waals surface area contributed by atoms with Crippen LogP contribution in [0.4, 0.5) is 17.6 Å². The molecule has 0 spiro atoms. The summed E-state index contributed by atoms with van der Waals surface area (Å²) in [5.74, 6) is -1.40. The van der Waals surface area contributed by atoms with Crippen molar-refractivity contribution in [2.24, 2.45) is 0 Å². The van der Waals surface area contributed by atoms with Crippen LogP contribution in [0.15, 0.2) is 89.0 Å². The van der Waals surface area contributed by atoms with E-state index in [1.165, 1.54) is 34.6 Å². The van der Waals surface area contributed by atoms with Crippen LogP contribution in [-0.4, -0.2) is 50.4 Å². The van der Waals surface area contributed by atoms with Gasteiger partial charge in [0.15, 0.2) is 0 Å². The molecule has 5 rings (SSSR count). The zero-order valence-electron chi connectivity index (χ0n) is 22.9. The SMILES string of the molecule is O=C(NCc1cc(-c2ccc(C(F)(F)F)nc2)nc(S(=O)(=O)Cc2ccccc2)n1)C1CCCN1S(=O)c1ccc(F)cc1. The van der Waals surface area contributed by atoms with Crippen molar-refractivity contribution in [3.63, 3.8) is 0 Å². The van der Waals surface area contributed by atoms with Crippen molar-refractivity contribution in [2.75, 3.05) is 6.54 Å². The average Bonchev–Trinajstić information content (AvgIpc) is 3.50. The van der Waals surface area contributed by atoms with Gasteiger partial charge >= 0.3 is 6.18 Å². The van der Waals surface area contributed by atoms with Gasteiger partial charge in [-0.2, -0.15) is 13.2 Å². The molecule has 0 saturated carbocycles. The number of carbonyl (C=O) groups excluding carboxylic acids is 1. The minimum absolute atomic E-state index is 0.00276. The van der Waals surface area contributed by atoms with Crippen LogP contribution in [-0.2, 0) is 44.1 Å². The highest BCUT2D eigenvalue weighted by Crippen LogP contribution is 2.29. The number of sulfone groups is 1. The summed E-state index contributed by atoms with van der Waals surface area (Å²) in [6.45, 7) is 0.117. The lowest BCUT2D eigenvalue weighted by molar-refractivity contribution is -0.141. The van der Waals surface area contributed by atoms with Crippen LogP contribution in [0.1, 0.15) is 29.8 Å². The fourth-order valence-electron chi connectivity index (χ4n) is 4.60. The second-order valence-electron chi connectivity index (χ2n) is 9.92. The highest BCUT2D eigenvalue weighted by molar-refractivity contribution is 7.90. The van der Waals surface area contributed by atoms with Crippen molar-refractivity contribution >= 4 is 26.7 Å². The van der Waals surface area contributed by atoms with Gasteiger partial charge in [-0.1, -0.05) is 30.3 Å². The second kappa shape index (κ2) is 12.9. The number of carbonyl (C=O) groups is 1. The molecule has 1 N–H and O–H groups in total. The normalized spacial score (nSPS) is 16.5. The summed E-state index contributed by atoms with van der Waals surface area (Å²) in [4.78, 5) is 25.3. The number of aromatic nitrogens is 3. The summed E-state index contributed by atoms with van der Waals surface area (Å²) in [5.41, 5.74) is -0.459. The summed E-state index contributed by atoms with van der Waals surface area (Å²) in [7, 11) is -5.84. The van der Waals surface area contributed by atoms with Crippen LogP contribution < -0.4 is 5.32 Å². The number of rotatable bonds is 9. The summed E-state index contributed by atoms with van der Waals surface area (Å²) < 4.78 is 93.7. The van der Waals surface area contributed by atoms with E-state index in [1.54, 1.807) is 30.3 Å². The molecule has 0 aliphatic carbocycles. The predicted octanol–water partition coefficient (Wildman–Crippen LogP) is 4.47. The standard InChI is InChI=1S/C29H25F4N5O4S2/c30-21-9-11-23(12-10-21)43(40)38-14-4-7-25(38)27(39)35-17-22-15-24(20-8-13-26(34-16-20)29(31,32)33)37-28(36-22)44(41,42)18-19-5-2-1-3-6-19/h1-3,5-6,8-13,15-16,25H,4,7,14,17-18H2,(H,35,39). The zero-order valence-corrected chi connectivity index (χ0v) is 24.5. The molecule has 2 unspecified atom stereocenters. The summed E-state index contributed by atoms with van der Waals surface area (Å²) in [6, 6.07) is 15.9. The second-order valence-corrected chi connectivity index (χ2v) is 13.2. The lowest BCUT2D eigenvalue weighted by Gasteiger charge is -2.22. The third-order valence-corrected chi connectivity index (χ3v) is 9.76. The van der Waals surface area contributed by atoms with Crippen molar-refractivity contribution in [2.45, 2.75) is 47.4 Å². The number of benzene rings is 2. The Kier molecular flexibility index (Phi) is 9.18. The first-order valence-electron chi connectivity index (χ1n) is 13.3. The highest BCUT2D eigenvalue weighted by atomic mass is 32.2. The molecule has 2 aromatic heterocycles. The molecule has 2 aromatic carbocycles. The van der Waals surface area contributed by atoms with E-state index in [0.717, 1.165) is 18.3 Å². The van der Waals surface area contributed by atoms with E-state index >= 15 is 0 Å². The van der Waals surface area contributed by atoms with Crippen LogP contribution in [0.2, 0.25) is 0 Å². The first-order valence-corrected chi connectivity index (χ1v) is 16.1. The molecule has 230 valence electrons. The van der Waals surface area contributed by atoms with E-state index in [2.05, 4.69) is 20.3 Å². The van der Waals surface area contributed by atoms with Gasteiger partial charge in [-0.3, -0.25) is 9.78 Å². The van der Waals surface area contributed by atoms with Crippen molar-refractivity contribution in [3.05, 3.63) is 102 Å². The fraction of sp³-hybridized carbons (Fsp3) is 0.241. The Morgan fingerprint density at radius 3 is 2.41 bits per heavy atom. The monoisotopic (exact) mass is 647 g/mol. The van der Waals surface area contributed by atoms with Gasteiger partial charge in [0, 0.05) is 18.3 Å². The number of nitrogens with zero attached hydrogens (tertiary/aromatic N) is 4. The van der Waals surface area contributed by atoms with Gasteiger partial charge in [0.2, 0.25) is 20.9 Å². The predicted molar refractivity (Wildman–Crippen MR) is 152 cm³/mol. The summed E-state index contributed by atoms with van der Waals surface area (Å²) in [5, 5.41) is 2.13. The number of pyridine rings is 1. The van der Waals surface area contributed by atoms with Crippen molar-refractivity contribution in [1.29, 1.82) is 0 Å². The molecule has 1 aliphatic heterocycles. The molecular weight excluding hydrogens is 622 g/mol. The Balaban J connectivity index is 1.40. The first-order chi connectivity index (χ1) is 20.9. The molecule has 2 atom stereocenters. The molecule has 1 saturated heterocycles. The molecule has 9 nitrogen and oxygen atoms in total. The van der Waals surface area contributed by atoms with Gasteiger partial charge in [0.25, 0.3) is 0 Å². The lowest BCUT2D eigenvalue weighted by Crippen LogP contribution is -2.43. The van der Waals surface area contributed by atoms with Crippen LogP contribution >= 0.6 is 0 Å². The van der Waals surface area contributed by atoms with Crippen molar-refractivity contribution < 1.29 is 35.0 Å². The zero-order chi connectivity index (χ0) is 31.5. The number of alkyl halides is 3. The third kappa shape index (κ3) is 7.34. The van der Waals surface area contributed by atoms with Crippen LogP contribution in [0.3, 0.4) is 0 Å². The van der Waals surface area contributed by atoms with Gasteiger partial charge in [-0.05, 0) is 60.9 Å². The Labute approximate surface area is 252 Å². The van der Waals surface area contributed by atoms with Gasteiger partial charge in [-0.15, -0.1) is 0 Å². The Morgan fingerprint density at radius 1 is 1.02 bits per heavy atom. The maximum Gasteiger partial charge on any atom is 0.433 e. The Bertz CT molecular complexity index is 1770.